The minimum absolute atomic E-state index is 0.105. The van der Waals surface area contributed by atoms with Crippen LogP contribution in [0.15, 0.2) is 18.3 Å². The van der Waals surface area contributed by atoms with Crippen molar-refractivity contribution in [3.05, 3.63) is 29.0 Å². The molecule has 2 rings (SSSR count). The van der Waals surface area contributed by atoms with Crippen LogP contribution in [-0.4, -0.2) is 41.5 Å². The van der Waals surface area contributed by atoms with Gasteiger partial charge >= 0.3 is 5.97 Å². The number of ether oxygens (including phenoxy) is 1. The minimum Gasteiger partial charge on any atom is -0.466 e. The first kappa shape index (κ1) is 14.8. The summed E-state index contributed by atoms with van der Waals surface area (Å²) in [5.74, 6) is -0.415. The van der Waals surface area contributed by atoms with Gasteiger partial charge in [-0.3, -0.25) is 14.6 Å². The van der Waals surface area contributed by atoms with Crippen LogP contribution in [-0.2, 0) is 9.53 Å². The highest BCUT2D eigenvalue weighted by Gasteiger charge is 2.29. The predicted octanol–water partition coefficient (Wildman–Crippen LogP) is 2.15. The maximum absolute atomic E-state index is 12.2. The predicted molar refractivity (Wildman–Crippen MR) is 74.5 cm³/mol. The lowest BCUT2D eigenvalue weighted by Gasteiger charge is -2.30. The number of carbonyl (C=O) groups excluding carboxylic acids is 2. The highest BCUT2D eigenvalue weighted by atomic mass is 35.5. The summed E-state index contributed by atoms with van der Waals surface area (Å²) >= 11 is 5.86. The second kappa shape index (κ2) is 6.70. The molecule has 6 heteroatoms. The molecule has 0 saturated carbocycles. The largest absolute Gasteiger partial charge is 0.466 e. The molecule has 0 aromatic carbocycles. The molecule has 0 aliphatic carbocycles. The Balaban J connectivity index is 1.93. The fourth-order valence-electron chi connectivity index (χ4n) is 2.26. The second-order valence-electron chi connectivity index (χ2n) is 4.68. The Labute approximate surface area is 122 Å². The zero-order valence-corrected chi connectivity index (χ0v) is 12.1. The number of aromatic nitrogens is 1. The number of hydrogen-bond donors (Lipinski definition) is 0. The van der Waals surface area contributed by atoms with Crippen LogP contribution in [0, 0.1) is 5.92 Å². The maximum atomic E-state index is 12.2. The number of nitrogens with zero attached hydrogens (tertiary/aromatic N) is 2. The molecule has 0 spiro atoms. The van der Waals surface area contributed by atoms with Crippen molar-refractivity contribution in [1.82, 2.24) is 9.88 Å². The maximum Gasteiger partial charge on any atom is 0.309 e. The average molecular weight is 297 g/mol. The molecule has 0 bridgehead atoms. The van der Waals surface area contributed by atoms with E-state index in [0.29, 0.717) is 43.3 Å². The zero-order valence-electron chi connectivity index (χ0n) is 11.3. The molecule has 2 heterocycles. The first-order chi connectivity index (χ1) is 9.61. The number of likely N-dealkylation sites (tertiary alicyclic amines) is 1. The number of hydrogen-bond acceptors (Lipinski definition) is 4. The van der Waals surface area contributed by atoms with E-state index >= 15 is 0 Å². The molecular weight excluding hydrogens is 280 g/mol. The topological polar surface area (TPSA) is 59.5 Å². The van der Waals surface area contributed by atoms with E-state index in [4.69, 9.17) is 16.3 Å². The number of pyridine rings is 1. The Bertz CT molecular complexity index is 499. The molecule has 0 atom stereocenters. The summed E-state index contributed by atoms with van der Waals surface area (Å²) in [6.45, 7) is 3.26. The minimum atomic E-state index is -0.166. The summed E-state index contributed by atoms with van der Waals surface area (Å²) in [5, 5.41) is 0.491. The van der Waals surface area contributed by atoms with Gasteiger partial charge in [-0.2, -0.15) is 0 Å². The summed E-state index contributed by atoms with van der Waals surface area (Å²) in [5.41, 5.74) is 0.340. The molecule has 1 aromatic rings. The monoisotopic (exact) mass is 296 g/mol. The second-order valence-corrected chi connectivity index (χ2v) is 5.11. The van der Waals surface area contributed by atoms with Crippen LogP contribution >= 0.6 is 11.6 Å². The van der Waals surface area contributed by atoms with Crippen molar-refractivity contribution in [2.45, 2.75) is 19.8 Å². The van der Waals surface area contributed by atoms with E-state index in [0.717, 1.165) is 0 Å². The summed E-state index contributed by atoms with van der Waals surface area (Å²) in [7, 11) is 0. The van der Waals surface area contributed by atoms with E-state index in [1.54, 1.807) is 24.0 Å². The summed E-state index contributed by atoms with van der Waals surface area (Å²) in [4.78, 5) is 29.6. The first-order valence-corrected chi connectivity index (χ1v) is 7.07. The Morgan fingerprint density at radius 1 is 1.45 bits per heavy atom. The molecule has 0 N–H and O–H groups in total. The molecule has 1 fully saturated rings. The van der Waals surface area contributed by atoms with Gasteiger partial charge in [0.2, 0.25) is 0 Å². The Kier molecular flexibility index (Phi) is 4.95. The molecule has 1 aromatic heterocycles. The molecule has 1 saturated heterocycles. The van der Waals surface area contributed by atoms with Crippen LogP contribution in [0.25, 0.3) is 0 Å². The molecule has 0 unspecified atom stereocenters. The van der Waals surface area contributed by atoms with Crippen molar-refractivity contribution in [2.24, 2.45) is 5.92 Å². The van der Waals surface area contributed by atoms with Gasteiger partial charge in [-0.1, -0.05) is 11.6 Å². The van der Waals surface area contributed by atoms with E-state index in [1.165, 1.54) is 6.20 Å². The Morgan fingerprint density at radius 3 is 2.75 bits per heavy atom. The van der Waals surface area contributed by atoms with Gasteiger partial charge in [-0.05, 0) is 31.9 Å². The van der Waals surface area contributed by atoms with E-state index in [-0.39, 0.29) is 17.8 Å². The van der Waals surface area contributed by atoms with Crippen molar-refractivity contribution >= 4 is 23.5 Å². The normalized spacial score (nSPS) is 16.0. The van der Waals surface area contributed by atoms with Crippen LogP contribution in [0.1, 0.15) is 30.3 Å². The molecule has 1 amide bonds. The van der Waals surface area contributed by atoms with Gasteiger partial charge in [0.05, 0.1) is 12.5 Å². The van der Waals surface area contributed by atoms with Crippen molar-refractivity contribution in [3.63, 3.8) is 0 Å². The smallest absolute Gasteiger partial charge is 0.309 e. The fraction of sp³-hybridized carbons (Fsp3) is 0.500. The molecule has 5 nitrogen and oxygen atoms in total. The van der Waals surface area contributed by atoms with Crippen LogP contribution in [0.5, 0.6) is 0 Å². The number of amides is 1. The molecular formula is C14H17ClN2O3. The molecule has 0 radical (unpaired) electrons. The van der Waals surface area contributed by atoms with Crippen molar-refractivity contribution in [3.8, 4) is 0 Å². The quantitative estimate of drug-likeness (QED) is 0.802. The average Bonchev–Trinajstić information content (AvgIpc) is 2.47. The number of piperidine rings is 1. The fourth-order valence-corrected chi connectivity index (χ4v) is 2.42. The van der Waals surface area contributed by atoms with E-state index in [9.17, 15) is 9.59 Å². The molecule has 1 aliphatic rings. The van der Waals surface area contributed by atoms with Gasteiger partial charge < -0.3 is 9.64 Å². The van der Waals surface area contributed by atoms with E-state index < -0.39 is 0 Å². The number of rotatable bonds is 3. The molecule has 108 valence electrons. The summed E-state index contributed by atoms with van der Waals surface area (Å²) in [6.07, 6.45) is 2.78. The number of carbonyl (C=O) groups is 2. The lowest BCUT2D eigenvalue weighted by molar-refractivity contribution is -0.149. The van der Waals surface area contributed by atoms with Gasteiger partial charge in [-0.25, -0.2) is 0 Å². The van der Waals surface area contributed by atoms with E-state index in [2.05, 4.69) is 4.98 Å². The van der Waals surface area contributed by atoms with Gasteiger partial charge in [0, 0.05) is 24.3 Å². The summed E-state index contributed by atoms with van der Waals surface area (Å²) in [6, 6.07) is 3.19. The third kappa shape index (κ3) is 3.48. The van der Waals surface area contributed by atoms with Gasteiger partial charge in [-0.15, -0.1) is 0 Å². The van der Waals surface area contributed by atoms with Crippen LogP contribution in [0.2, 0.25) is 5.02 Å². The Morgan fingerprint density at radius 2 is 2.15 bits per heavy atom. The number of esters is 1. The van der Waals surface area contributed by atoms with E-state index in [1.807, 2.05) is 0 Å². The SMILES string of the molecule is CCOC(=O)C1CCN(C(=O)c2cc(Cl)ccn2)CC1. The number of halogens is 1. The zero-order chi connectivity index (χ0) is 14.5. The van der Waals surface area contributed by atoms with Crippen molar-refractivity contribution in [2.75, 3.05) is 19.7 Å². The third-order valence-corrected chi connectivity index (χ3v) is 3.58. The highest BCUT2D eigenvalue weighted by molar-refractivity contribution is 6.30. The first-order valence-electron chi connectivity index (χ1n) is 6.69. The highest BCUT2D eigenvalue weighted by Crippen LogP contribution is 2.20. The molecule has 1 aliphatic heterocycles. The van der Waals surface area contributed by atoms with Crippen LogP contribution in [0.3, 0.4) is 0 Å². The van der Waals surface area contributed by atoms with Crippen molar-refractivity contribution in [1.29, 1.82) is 0 Å². The third-order valence-electron chi connectivity index (χ3n) is 3.34. The Hall–Kier alpha value is -1.62. The summed E-state index contributed by atoms with van der Waals surface area (Å²) < 4.78 is 5.01. The van der Waals surface area contributed by atoms with Crippen molar-refractivity contribution < 1.29 is 14.3 Å². The van der Waals surface area contributed by atoms with Gasteiger partial charge in [0.25, 0.3) is 5.91 Å². The lowest BCUT2D eigenvalue weighted by Crippen LogP contribution is -2.40. The molecule has 20 heavy (non-hydrogen) atoms. The van der Waals surface area contributed by atoms with Gasteiger partial charge in [0.15, 0.2) is 0 Å². The van der Waals surface area contributed by atoms with Crippen LogP contribution in [0.4, 0.5) is 0 Å². The lowest BCUT2D eigenvalue weighted by atomic mass is 9.97. The van der Waals surface area contributed by atoms with Gasteiger partial charge in [0.1, 0.15) is 5.69 Å². The standard InChI is InChI=1S/C14H17ClN2O3/c1-2-20-14(19)10-4-7-17(8-5-10)13(18)12-9-11(15)3-6-16-12/h3,6,9-10H,2,4-5,7-8H2,1H3. The van der Waals surface area contributed by atoms with Crippen LogP contribution < -0.4 is 0 Å².